The number of hydrogen-bond acceptors (Lipinski definition) is 1. The molecule has 114 valence electrons. The molecule has 1 N–H and O–H groups in total. The molecule has 1 aromatic carbocycles. The van der Waals surface area contributed by atoms with Gasteiger partial charge in [-0.15, -0.1) is 11.6 Å². The van der Waals surface area contributed by atoms with E-state index in [9.17, 15) is 4.79 Å². The number of carbonyl (C=O) groups excluding carboxylic acids is 1. The standard InChI is InChI=1S/C17H23ClN2O/c1-12-5-6-15-13(10-12)14-11-19(2)9-7-16(14)20(15)17(21)4-3-8-18/h5-6,10,14,16H,3-4,7-9,11H2,1-2H3/p+1/t14-,16-/m0/s1. The number of carbonyl (C=O) groups is 1. The minimum atomic E-state index is 0.243. The first-order valence-electron chi connectivity index (χ1n) is 7.91. The van der Waals surface area contributed by atoms with E-state index in [-0.39, 0.29) is 5.91 Å². The largest absolute Gasteiger partial charge is 0.337 e. The van der Waals surface area contributed by atoms with Crippen molar-refractivity contribution in [3.05, 3.63) is 29.3 Å². The molecule has 2 heterocycles. The Morgan fingerprint density at radius 2 is 2.29 bits per heavy atom. The highest BCUT2D eigenvalue weighted by Crippen LogP contribution is 2.43. The SMILES string of the molecule is Cc1ccc2c(c1)[C@@H]1C[NH+](C)CC[C@@H]1N2C(=O)CCCCl. The number of benzene rings is 1. The summed E-state index contributed by atoms with van der Waals surface area (Å²) in [5, 5.41) is 0. The van der Waals surface area contributed by atoms with Crippen LogP contribution in [0.15, 0.2) is 18.2 Å². The number of quaternary nitrogens is 1. The molecule has 1 unspecified atom stereocenters. The van der Waals surface area contributed by atoms with E-state index in [2.05, 4.69) is 37.1 Å². The molecule has 0 radical (unpaired) electrons. The van der Waals surface area contributed by atoms with Crippen LogP contribution < -0.4 is 9.80 Å². The lowest BCUT2D eigenvalue weighted by atomic mass is 9.89. The molecule has 2 aliphatic heterocycles. The molecule has 1 aromatic rings. The maximum absolute atomic E-state index is 12.6. The van der Waals surface area contributed by atoms with Crippen LogP contribution in [0.3, 0.4) is 0 Å². The monoisotopic (exact) mass is 307 g/mol. The van der Waals surface area contributed by atoms with Gasteiger partial charge in [0.15, 0.2) is 0 Å². The van der Waals surface area contributed by atoms with Crippen LogP contribution in [0.1, 0.15) is 36.3 Å². The number of nitrogens with zero attached hydrogens (tertiary/aromatic N) is 1. The van der Waals surface area contributed by atoms with Crippen molar-refractivity contribution in [3.63, 3.8) is 0 Å². The molecule has 1 amide bonds. The van der Waals surface area contributed by atoms with E-state index in [0.717, 1.165) is 31.6 Å². The molecular formula is C17H24ClN2O+. The highest BCUT2D eigenvalue weighted by molar-refractivity contribution is 6.18. The summed E-state index contributed by atoms with van der Waals surface area (Å²) >= 11 is 5.76. The lowest BCUT2D eigenvalue weighted by Crippen LogP contribution is -3.11. The fourth-order valence-electron chi connectivity index (χ4n) is 3.86. The van der Waals surface area contributed by atoms with E-state index >= 15 is 0 Å². The molecule has 0 saturated carbocycles. The number of amides is 1. The van der Waals surface area contributed by atoms with Gasteiger partial charge in [-0.3, -0.25) is 4.79 Å². The van der Waals surface area contributed by atoms with Crippen molar-refractivity contribution in [2.75, 3.05) is 30.9 Å². The molecule has 1 saturated heterocycles. The lowest BCUT2D eigenvalue weighted by molar-refractivity contribution is -0.886. The third kappa shape index (κ3) is 2.69. The maximum atomic E-state index is 12.6. The highest BCUT2D eigenvalue weighted by atomic mass is 35.5. The second kappa shape index (κ2) is 5.98. The molecule has 2 aliphatic rings. The van der Waals surface area contributed by atoms with Gasteiger partial charge in [0, 0.05) is 24.4 Å². The summed E-state index contributed by atoms with van der Waals surface area (Å²) in [6, 6.07) is 6.89. The molecule has 0 aliphatic carbocycles. The third-order valence-corrected chi connectivity index (χ3v) is 5.13. The van der Waals surface area contributed by atoms with Crippen LogP contribution in [-0.2, 0) is 4.79 Å². The van der Waals surface area contributed by atoms with Crippen LogP contribution in [0.4, 0.5) is 5.69 Å². The van der Waals surface area contributed by atoms with Gasteiger partial charge >= 0.3 is 0 Å². The molecule has 0 aromatic heterocycles. The normalized spacial score (nSPS) is 27.4. The van der Waals surface area contributed by atoms with E-state index in [1.807, 2.05) is 0 Å². The Labute approximate surface area is 131 Å². The molecule has 4 heteroatoms. The molecule has 3 nitrogen and oxygen atoms in total. The van der Waals surface area contributed by atoms with Gasteiger partial charge in [0.05, 0.1) is 32.1 Å². The number of piperidine rings is 1. The average Bonchev–Trinajstić information content (AvgIpc) is 2.78. The number of anilines is 1. The average molecular weight is 308 g/mol. The number of alkyl halides is 1. The van der Waals surface area contributed by atoms with Crippen molar-refractivity contribution in [1.29, 1.82) is 0 Å². The van der Waals surface area contributed by atoms with E-state index < -0.39 is 0 Å². The Bertz CT molecular complexity index is 546. The molecule has 3 atom stereocenters. The second-order valence-electron chi connectivity index (χ2n) is 6.49. The van der Waals surface area contributed by atoms with Crippen LogP contribution in [0.2, 0.25) is 0 Å². The van der Waals surface area contributed by atoms with Crippen molar-refractivity contribution in [2.45, 2.75) is 38.1 Å². The predicted molar refractivity (Wildman–Crippen MR) is 86.4 cm³/mol. The van der Waals surface area contributed by atoms with Crippen molar-refractivity contribution in [1.82, 2.24) is 0 Å². The number of fused-ring (bicyclic) bond motifs is 3. The van der Waals surface area contributed by atoms with E-state index in [1.54, 1.807) is 4.90 Å². The zero-order valence-electron chi connectivity index (χ0n) is 12.9. The fourth-order valence-corrected chi connectivity index (χ4v) is 4.00. The van der Waals surface area contributed by atoms with Crippen LogP contribution in [0.5, 0.6) is 0 Å². The number of halogens is 1. The summed E-state index contributed by atoms with van der Waals surface area (Å²) in [6.07, 6.45) is 2.42. The summed E-state index contributed by atoms with van der Waals surface area (Å²) in [7, 11) is 2.25. The smallest absolute Gasteiger partial charge is 0.227 e. The zero-order valence-corrected chi connectivity index (χ0v) is 13.6. The van der Waals surface area contributed by atoms with Gasteiger partial charge < -0.3 is 9.80 Å². The number of likely N-dealkylation sites (N-methyl/N-ethyl adjacent to an activating group) is 1. The van der Waals surface area contributed by atoms with Gasteiger partial charge in [0.2, 0.25) is 5.91 Å². The summed E-state index contributed by atoms with van der Waals surface area (Å²) < 4.78 is 0. The van der Waals surface area contributed by atoms with Crippen molar-refractivity contribution in [3.8, 4) is 0 Å². The van der Waals surface area contributed by atoms with Gasteiger partial charge in [-0.2, -0.15) is 0 Å². The van der Waals surface area contributed by atoms with Crippen molar-refractivity contribution >= 4 is 23.2 Å². The first-order valence-corrected chi connectivity index (χ1v) is 8.45. The molecule has 1 fully saturated rings. The number of rotatable bonds is 3. The molecule has 21 heavy (non-hydrogen) atoms. The van der Waals surface area contributed by atoms with Crippen LogP contribution >= 0.6 is 11.6 Å². The number of hydrogen-bond donors (Lipinski definition) is 1. The van der Waals surface area contributed by atoms with Crippen LogP contribution in [-0.4, -0.2) is 38.0 Å². The Kier molecular flexibility index (Phi) is 4.23. The molecule has 3 rings (SSSR count). The van der Waals surface area contributed by atoms with Gasteiger partial charge in [0.25, 0.3) is 0 Å². The zero-order chi connectivity index (χ0) is 15.0. The summed E-state index contributed by atoms with van der Waals surface area (Å²) in [6.45, 7) is 4.40. The highest BCUT2D eigenvalue weighted by Gasteiger charge is 2.45. The van der Waals surface area contributed by atoms with E-state index in [1.165, 1.54) is 11.1 Å². The Hall–Kier alpha value is -1.06. The number of aryl methyl sites for hydroxylation is 1. The Morgan fingerprint density at radius 1 is 1.48 bits per heavy atom. The lowest BCUT2D eigenvalue weighted by Gasteiger charge is -2.34. The van der Waals surface area contributed by atoms with Gasteiger partial charge in [0.1, 0.15) is 0 Å². The summed E-state index contributed by atoms with van der Waals surface area (Å²) in [4.78, 5) is 16.3. The second-order valence-corrected chi connectivity index (χ2v) is 6.87. The number of nitrogens with one attached hydrogen (secondary N) is 1. The molecule has 0 bridgehead atoms. The third-order valence-electron chi connectivity index (χ3n) is 4.87. The molecule has 0 spiro atoms. The van der Waals surface area contributed by atoms with Gasteiger partial charge in [-0.25, -0.2) is 0 Å². The van der Waals surface area contributed by atoms with E-state index in [4.69, 9.17) is 11.6 Å². The minimum absolute atomic E-state index is 0.243. The Balaban J connectivity index is 1.95. The predicted octanol–water partition coefficient (Wildman–Crippen LogP) is 1.73. The van der Waals surface area contributed by atoms with Crippen molar-refractivity contribution in [2.24, 2.45) is 0 Å². The van der Waals surface area contributed by atoms with E-state index in [0.29, 0.717) is 24.3 Å². The van der Waals surface area contributed by atoms with Gasteiger partial charge in [-0.05, 0) is 25.0 Å². The minimum Gasteiger partial charge on any atom is -0.337 e. The topological polar surface area (TPSA) is 24.8 Å². The summed E-state index contributed by atoms with van der Waals surface area (Å²) in [5.74, 6) is 1.29. The number of likely N-dealkylation sites (tertiary alicyclic amines) is 1. The quantitative estimate of drug-likeness (QED) is 0.845. The first kappa shape index (κ1) is 14.9. The Morgan fingerprint density at radius 3 is 3.05 bits per heavy atom. The van der Waals surface area contributed by atoms with Crippen LogP contribution in [0.25, 0.3) is 0 Å². The summed E-state index contributed by atoms with van der Waals surface area (Å²) in [5.41, 5.74) is 3.80. The van der Waals surface area contributed by atoms with Crippen LogP contribution in [0, 0.1) is 6.92 Å². The first-order chi connectivity index (χ1) is 10.1. The van der Waals surface area contributed by atoms with Crippen molar-refractivity contribution < 1.29 is 9.69 Å². The van der Waals surface area contributed by atoms with Gasteiger partial charge in [-0.1, -0.05) is 17.7 Å². The molecular weight excluding hydrogens is 284 g/mol. The fraction of sp³-hybridized carbons (Fsp3) is 0.588. The maximum Gasteiger partial charge on any atom is 0.227 e.